The number of piperidine rings is 1. The first-order valence-electron chi connectivity index (χ1n) is 11.2. The SMILES string of the molecule is CCC(=O)N1CCCCC1C(=O)N1CCN(S(=O)(=O)N(C)C2CCCCC2)CC1. The van der Waals surface area contributed by atoms with E-state index in [2.05, 4.69) is 0 Å². The molecule has 8 nitrogen and oxygen atoms in total. The third-order valence-corrected chi connectivity index (χ3v) is 8.78. The van der Waals surface area contributed by atoms with Gasteiger partial charge in [-0.25, -0.2) is 0 Å². The van der Waals surface area contributed by atoms with Crippen LogP contribution >= 0.6 is 0 Å². The van der Waals surface area contributed by atoms with Crippen LogP contribution in [0.15, 0.2) is 0 Å². The van der Waals surface area contributed by atoms with Crippen LogP contribution in [0.5, 0.6) is 0 Å². The topological polar surface area (TPSA) is 81.2 Å². The normalized spacial score (nSPS) is 25.4. The Morgan fingerprint density at radius 3 is 2.14 bits per heavy atom. The lowest BCUT2D eigenvalue weighted by atomic mass is 9.96. The highest BCUT2D eigenvalue weighted by Gasteiger charge is 2.38. The van der Waals surface area contributed by atoms with Crippen molar-refractivity contribution in [3.63, 3.8) is 0 Å². The molecule has 1 atom stereocenters. The molecule has 2 heterocycles. The molecule has 0 N–H and O–H groups in total. The second-order valence-electron chi connectivity index (χ2n) is 8.49. The Morgan fingerprint density at radius 2 is 1.52 bits per heavy atom. The lowest BCUT2D eigenvalue weighted by molar-refractivity contribution is -0.148. The summed E-state index contributed by atoms with van der Waals surface area (Å²) < 4.78 is 29.1. The third kappa shape index (κ3) is 4.94. The fourth-order valence-corrected chi connectivity index (χ4v) is 6.43. The second-order valence-corrected chi connectivity index (χ2v) is 10.5. The Labute approximate surface area is 175 Å². The highest BCUT2D eigenvalue weighted by Crippen LogP contribution is 2.26. The third-order valence-electron chi connectivity index (χ3n) is 6.74. The predicted octanol–water partition coefficient (Wildman–Crippen LogP) is 1.43. The smallest absolute Gasteiger partial charge is 0.282 e. The molecule has 3 fully saturated rings. The molecule has 0 spiro atoms. The molecule has 29 heavy (non-hydrogen) atoms. The standard InChI is InChI=1S/C20H36N4O4S/c1-3-19(25)24-12-8-7-11-18(24)20(26)22-13-15-23(16-14-22)29(27,28)21(2)17-9-5-4-6-10-17/h17-18H,3-16H2,1-2H3. The number of carbonyl (C=O) groups excluding carboxylic acids is 2. The molecule has 3 rings (SSSR count). The molecule has 2 saturated heterocycles. The predicted molar refractivity (Wildman–Crippen MR) is 111 cm³/mol. The number of hydrogen-bond donors (Lipinski definition) is 0. The van der Waals surface area contributed by atoms with Crippen LogP contribution in [-0.2, 0) is 19.8 Å². The summed E-state index contributed by atoms with van der Waals surface area (Å²) in [5.74, 6) is 0.00236. The monoisotopic (exact) mass is 428 g/mol. The number of piperazine rings is 1. The van der Waals surface area contributed by atoms with Gasteiger partial charge in [0.25, 0.3) is 10.2 Å². The lowest BCUT2D eigenvalue weighted by Crippen LogP contribution is -2.59. The van der Waals surface area contributed by atoms with Gasteiger partial charge in [-0.05, 0) is 32.1 Å². The average Bonchev–Trinajstić information content (AvgIpc) is 2.78. The molecule has 0 radical (unpaired) electrons. The summed E-state index contributed by atoms with van der Waals surface area (Å²) in [6.07, 6.45) is 8.21. The van der Waals surface area contributed by atoms with Crippen molar-refractivity contribution < 1.29 is 18.0 Å². The van der Waals surface area contributed by atoms with E-state index in [0.717, 1.165) is 38.5 Å². The van der Waals surface area contributed by atoms with Gasteiger partial charge in [0.2, 0.25) is 11.8 Å². The Morgan fingerprint density at radius 1 is 0.897 bits per heavy atom. The largest absolute Gasteiger partial charge is 0.338 e. The van der Waals surface area contributed by atoms with Crippen molar-refractivity contribution >= 4 is 22.0 Å². The molecule has 3 aliphatic rings. The maximum absolute atomic E-state index is 13.1. The second kappa shape index (κ2) is 9.75. The summed E-state index contributed by atoms with van der Waals surface area (Å²) >= 11 is 0. The van der Waals surface area contributed by atoms with Crippen LogP contribution in [0, 0.1) is 0 Å². The van der Waals surface area contributed by atoms with Crippen molar-refractivity contribution in [1.29, 1.82) is 0 Å². The van der Waals surface area contributed by atoms with Crippen LogP contribution in [0.4, 0.5) is 0 Å². The number of rotatable bonds is 5. The quantitative estimate of drug-likeness (QED) is 0.663. The molecule has 1 aliphatic carbocycles. The summed E-state index contributed by atoms with van der Waals surface area (Å²) in [7, 11) is -1.81. The van der Waals surface area contributed by atoms with E-state index in [9.17, 15) is 18.0 Å². The molecule has 1 saturated carbocycles. The van der Waals surface area contributed by atoms with Gasteiger partial charge in [0.15, 0.2) is 0 Å². The highest BCUT2D eigenvalue weighted by molar-refractivity contribution is 7.86. The van der Waals surface area contributed by atoms with E-state index in [1.807, 2.05) is 6.92 Å². The van der Waals surface area contributed by atoms with E-state index >= 15 is 0 Å². The minimum absolute atomic E-state index is 0.0239. The number of amides is 2. The number of carbonyl (C=O) groups is 2. The van der Waals surface area contributed by atoms with Crippen LogP contribution in [0.3, 0.4) is 0 Å². The fourth-order valence-electron chi connectivity index (χ4n) is 4.86. The van der Waals surface area contributed by atoms with Crippen LogP contribution in [0.1, 0.15) is 64.7 Å². The van der Waals surface area contributed by atoms with Gasteiger partial charge >= 0.3 is 0 Å². The van der Waals surface area contributed by atoms with Crippen LogP contribution < -0.4 is 0 Å². The van der Waals surface area contributed by atoms with Crippen molar-refractivity contribution in [2.45, 2.75) is 76.8 Å². The van der Waals surface area contributed by atoms with Gasteiger partial charge in [-0.3, -0.25) is 9.59 Å². The van der Waals surface area contributed by atoms with E-state index in [0.29, 0.717) is 45.6 Å². The van der Waals surface area contributed by atoms with Crippen molar-refractivity contribution in [3.05, 3.63) is 0 Å². The zero-order valence-electron chi connectivity index (χ0n) is 17.9. The molecular weight excluding hydrogens is 392 g/mol. The summed E-state index contributed by atoms with van der Waals surface area (Å²) in [6, 6.07) is -0.298. The van der Waals surface area contributed by atoms with Crippen LogP contribution in [0.2, 0.25) is 0 Å². The maximum atomic E-state index is 13.1. The van der Waals surface area contributed by atoms with E-state index in [1.165, 1.54) is 10.7 Å². The summed E-state index contributed by atoms with van der Waals surface area (Å²) in [6.45, 7) is 3.89. The van der Waals surface area contributed by atoms with Crippen molar-refractivity contribution in [3.8, 4) is 0 Å². The van der Waals surface area contributed by atoms with E-state index in [-0.39, 0.29) is 23.9 Å². The Kier molecular flexibility index (Phi) is 7.56. The summed E-state index contributed by atoms with van der Waals surface area (Å²) in [5, 5.41) is 0. The molecule has 2 aliphatic heterocycles. The first-order valence-corrected chi connectivity index (χ1v) is 12.6. The molecule has 0 bridgehead atoms. The van der Waals surface area contributed by atoms with Gasteiger partial charge in [0.05, 0.1) is 0 Å². The van der Waals surface area contributed by atoms with Gasteiger partial charge in [0, 0.05) is 52.2 Å². The molecule has 166 valence electrons. The van der Waals surface area contributed by atoms with Crippen molar-refractivity contribution in [2.24, 2.45) is 0 Å². The molecule has 0 aromatic carbocycles. The molecule has 9 heteroatoms. The van der Waals surface area contributed by atoms with E-state index in [1.54, 1.807) is 21.2 Å². The zero-order chi connectivity index (χ0) is 21.0. The first-order chi connectivity index (χ1) is 13.9. The lowest BCUT2D eigenvalue weighted by Gasteiger charge is -2.41. The number of nitrogens with zero attached hydrogens (tertiary/aromatic N) is 4. The minimum Gasteiger partial charge on any atom is -0.338 e. The Bertz CT molecular complexity index is 685. The molecule has 2 amide bonds. The van der Waals surface area contributed by atoms with Gasteiger partial charge < -0.3 is 9.80 Å². The summed E-state index contributed by atoms with van der Waals surface area (Å²) in [5.41, 5.74) is 0. The van der Waals surface area contributed by atoms with E-state index in [4.69, 9.17) is 0 Å². The van der Waals surface area contributed by atoms with E-state index < -0.39 is 10.2 Å². The minimum atomic E-state index is -3.50. The van der Waals surface area contributed by atoms with Crippen molar-refractivity contribution in [1.82, 2.24) is 18.4 Å². The average molecular weight is 429 g/mol. The Hall–Kier alpha value is -1.19. The molecule has 0 aromatic heterocycles. The first kappa shape index (κ1) is 22.5. The number of hydrogen-bond acceptors (Lipinski definition) is 4. The summed E-state index contributed by atoms with van der Waals surface area (Å²) in [4.78, 5) is 28.8. The molecule has 0 aromatic rings. The fraction of sp³-hybridized carbons (Fsp3) is 0.900. The Balaban J connectivity index is 1.59. The molecular formula is C20H36N4O4S. The van der Waals surface area contributed by atoms with Gasteiger partial charge in [-0.15, -0.1) is 0 Å². The zero-order valence-corrected chi connectivity index (χ0v) is 18.7. The van der Waals surface area contributed by atoms with Crippen LogP contribution in [0.25, 0.3) is 0 Å². The van der Waals surface area contributed by atoms with Crippen molar-refractivity contribution in [2.75, 3.05) is 39.8 Å². The van der Waals surface area contributed by atoms with Gasteiger partial charge in [0.1, 0.15) is 6.04 Å². The maximum Gasteiger partial charge on any atom is 0.282 e. The highest BCUT2D eigenvalue weighted by atomic mass is 32.2. The molecule has 1 unspecified atom stereocenters. The van der Waals surface area contributed by atoms with Gasteiger partial charge in [-0.1, -0.05) is 26.2 Å². The van der Waals surface area contributed by atoms with Crippen LogP contribution in [-0.4, -0.2) is 90.5 Å². The number of likely N-dealkylation sites (tertiary alicyclic amines) is 1. The van der Waals surface area contributed by atoms with Gasteiger partial charge in [-0.2, -0.15) is 17.0 Å².